The number of unbranched alkanes of at least 4 members (excludes halogenated alkanes) is 10. The lowest BCUT2D eigenvalue weighted by Gasteiger charge is -2.03. The Morgan fingerprint density at radius 2 is 1.48 bits per heavy atom. The smallest absolute Gasteiger partial charge is 0.284 e. The molecule has 0 amide bonds. The lowest BCUT2D eigenvalue weighted by Crippen LogP contribution is -1.96. The maximum absolute atomic E-state index is 10.4. The van der Waals surface area contributed by atoms with Crippen molar-refractivity contribution in [1.82, 2.24) is 0 Å². The quantitative estimate of drug-likeness (QED) is 0.322. The Labute approximate surface area is 129 Å². The fourth-order valence-corrected chi connectivity index (χ4v) is 2.41. The van der Waals surface area contributed by atoms with Crippen molar-refractivity contribution < 1.29 is 13.9 Å². The Balaban J connectivity index is 1.81. The molecule has 0 bridgehead atoms. The number of aldehydes is 1. The SMILES string of the molecule is CCCCCCCCCCCCCOc1ccc(C=O)o1. The molecule has 1 rings (SSSR count). The molecule has 0 atom stereocenters. The molecule has 120 valence electrons. The van der Waals surface area contributed by atoms with Gasteiger partial charge in [-0.3, -0.25) is 4.79 Å². The van der Waals surface area contributed by atoms with E-state index in [-0.39, 0.29) is 0 Å². The van der Waals surface area contributed by atoms with Crippen LogP contribution in [0.5, 0.6) is 5.95 Å². The van der Waals surface area contributed by atoms with Crippen LogP contribution in [0.2, 0.25) is 0 Å². The molecular weight excluding hydrogens is 264 g/mol. The van der Waals surface area contributed by atoms with Crippen LogP contribution in [0.15, 0.2) is 16.5 Å². The number of hydrogen-bond acceptors (Lipinski definition) is 3. The average molecular weight is 294 g/mol. The molecule has 0 radical (unpaired) electrons. The summed E-state index contributed by atoms with van der Waals surface area (Å²) in [6.07, 6.45) is 15.3. The third-order valence-electron chi connectivity index (χ3n) is 3.71. The maximum Gasteiger partial charge on any atom is 0.284 e. The van der Waals surface area contributed by atoms with Crippen molar-refractivity contribution in [1.29, 1.82) is 0 Å². The van der Waals surface area contributed by atoms with E-state index in [0.29, 0.717) is 24.6 Å². The minimum atomic E-state index is 0.323. The highest BCUT2D eigenvalue weighted by Gasteiger charge is 2.01. The van der Waals surface area contributed by atoms with Gasteiger partial charge in [0.2, 0.25) is 0 Å². The Morgan fingerprint density at radius 3 is 2.00 bits per heavy atom. The molecule has 0 aliphatic rings. The molecule has 0 aliphatic carbocycles. The van der Waals surface area contributed by atoms with Crippen LogP contribution in [0.4, 0.5) is 0 Å². The highest BCUT2D eigenvalue weighted by molar-refractivity contribution is 5.70. The summed E-state index contributed by atoms with van der Waals surface area (Å²) >= 11 is 0. The van der Waals surface area contributed by atoms with Crippen LogP contribution >= 0.6 is 0 Å². The maximum atomic E-state index is 10.4. The summed E-state index contributed by atoms with van der Waals surface area (Å²) in [6.45, 7) is 2.93. The lowest BCUT2D eigenvalue weighted by atomic mass is 10.1. The van der Waals surface area contributed by atoms with Gasteiger partial charge in [-0.2, -0.15) is 0 Å². The number of rotatable bonds is 14. The second-order valence-corrected chi connectivity index (χ2v) is 5.66. The molecule has 21 heavy (non-hydrogen) atoms. The largest absolute Gasteiger partial charge is 0.465 e. The average Bonchev–Trinajstić information content (AvgIpc) is 2.96. The minimum Gasteiger partial charge on any atom is -0.465 e. The zero-order valence-corrected chi connectivity index (χ0v) is 13.4. The Kier molecular flexibility index (Phi) is 10.6. The normalized spacial score (nSPS) is 10.7. The van der Waals surface area contributed by atoms with Gasteiger partial charge in [-0.1, -0.05) is 71.1 Å². The monoisotopic (exact) mass is 294 g/mol. The van der Waals surface area contributed by atoms with Crippen LogP contribution in [0.3, 0.4) is 0 Å². The molecule has 3 nitrogen and oxygen atoms in total. The Bertz CT molecular complexity index is 357. The first kappa shape index (κ1) is 17.8. The van der Waals surface area contributed by atoms with E-state index in [0.717, 1.165) is 6.42 Å². The fraction of sp³-hybridized carbons (Fsp3) is 0.722. The van der Waals surface area contributed by atoms with Gasteiger partial charge in [0.15, 0.2) is 12.0 Å². The molecule has 0 aromatic carbocycles. The van der Waals surface area contributed by atoms with Crippen LogP contribution in [0.25, 0.3) is 0 Å². The molecule has 0 saturated heterocycles. The first-order valence-corrected chi connectivity index (χ1v) is 8.54. The molecule has 1 heterocycles. The van der Waals surface area contributed by atoms with Crippen molar-refractivity contribution in [3.05, 3.63) is 17.9 Å². The summed E-state index contributed by atoms with van der Waals surface area (Å²) in [5, 5.41) is 0. The van der Waals surface area contributed by atoms with E-state index in [4.69, 9.17) is 9.15 Å². The highest BCUT2D eigenvalue weighted by Crippen LogP contribution is 2.15. The van der Waals surface area contributed by atoms with Crippen molar-refractivity contribution in [3.8, 4) is 5.95 Å². The summed E-state index contributed by atoms with van der Waals surface area (Å²) in [4.78, 5) is 10.4. The summed E-state index contributed by atoms with van der Waals surface area (Å²) in [7, 11) is 0. The lowest BCUT2D eigenvalue weighted by molar-refractivity contribution is 0.109. The molecule has 0 spiro atoms. The van der Waals surface area contributed by atoms with Crippen molar-refractivity contribution >= 4 is 6.29 Å². The zero-order valence-electron chi connectivity index (χ0n) is 13.4. The Morgan fingerprint density at radius 1 is 0.905 bits per heavy atom. The topological polar surface area (TPSA) is 39.4 Å². The molecule has 0 unspecified atom stereocenters. The predicted octanol–water partition coefficient (Wildman–Crippen LogP) is 5.78. The zero-order chi connectivity index (χ0) is 15.2. The molecule has 1 aromatic heterocycles. The summed E-state index contributed by atoms with van der Waals surface area (Å²) in [5.41, 5.74) is 0. The first-order valence-electron chi connectivity index (χ1n) is 8.54. The summed E-state index contributed by atoms with van der Waals surface area (Å²) in [6, 6.07) is 3.32. The molecule has 1 aromatic rings. The summed E-state index contributed by atoms with van der Waals surface area (Å²) in [5.74, 6) is 0.771. The number of carbonyl (C=O) groups is 1. The van der Waals surface area contributed by atoms with Crippen LogP contribution in [-0.2, 0) is 0 Å². The predicted molar refractivity (Wildman–Crippen MR) is 86.1 cm³/mol. The standard InChI is InChI=1S/C18H30O3/c1-2-3-4-5-6-7-8-9-10-11-12-15-20-18-14-13-17(16-19)21-18/h13-14,16H,2-12,15H2,1H3. The van der Waals surface area contributed by atoms with E-state index in [1.54, 1.807) is 12.1 Å². The van der Waals surface area contributed by atoms with E-state index < -0.39 is 0 Å². The van der Waals surface area contributed by atoms with Gasteiger partial charge in [-0.05, 0) is 12.5 Å². The van der Waals surface area contributed by atoms with Gasteiger partial charge in [-0.25, -0.2) is 0 Å². The van der Waals surface area contributed by atoms with Crippen molar-refractivity contribution in [3.63, 3.8) is 0 Å². The van der Waals surface area contributed by atoms with E-state index >= 15 is 0 Å². The second-order valence-electron chi connectivity index (χ2n) is 5.66. The number of hydrogen-bond donors (Lipinski definition) is 0. The van der Waals surface area contributed by atoms with E-state index in [2.05, 4.69) is 6.92 Å². The third-order valence-corrected chi connectivity index (χ3v) is 3.71. The van der Waals surface area contributed by atoms with E-state index in [1.807, 2.05) is 0 Å². The molecular formula is C18H30O3. The highest BCUT2D eigenvalue weighted by atomic mass is 16.6. The molecule has 0 saturated carbocycles. The molecule has 0 fully saturated rings. The van der Waals surface area contributed by atoms with Gasteiger partial charge in [0.25, 0.3) is 5.95 Å². The van der Waals surface area contributed by atoms with Crippen LogP contribution < -0.4 is 4.74 Å². The van der Waals surface area contributed by atoms with Gasteiger partial charge >= 0.3 is 0 Å². The van der Waals surface area contributed by atoms with Gasteiger partial charge in [-0.15, -0.1) is 0 Å². The molecule has 3 heteroatoms. The first-order chi connectivity index (χ1) is 10.4. The van der Waals surface area contributed by atoms with Crippen LogP contribution in [0, 0.1) is 0 Å². The number of furan rings is 1. The van der Waals surface area contributed by atoms with Gasteiger partial charge in [0.05, 0.1) is 6.61 Å². The van der Waals surface area contributed by atoms with Crippen molar-refractivity contribution in [2.24, 2.45) is 0 Å². The minimum absolute atomic E-state index is 0.323. The molecule has 0 N–H and O–H groups in total. The van der Waals surface area contributed by atoms with Gasteiger partial charge < -0.3 is 9.15 Å². The third kappa shape index (κ3) is 9.33. The van der Waals surface area contributed by atoms with E-state index in [1.165, 1.54) is 64.2 Å². The van der Waals surface area contributed by atoms with Crippen molar-refractivity contribution in [2.75, 3.05) is 6.61 Å². The van der Waals surface area contributed by atoms with Gasteiger partial charge in [0, 0.05) is 6.07 Å². The van der Waals surface area contributed by atoms with Crippen LogP contribution in [0.1, 0.15) is 88.1 Å². The summed E-state index contributed by atoms with van der Waals surface area (Å²) < 4.78 is 10.6. The van der Waals surface area contributed by atoms with Gasteiger partial charge in [0.1, 0.15) is 0 Å². The van der Waals surface area contributed by atoms with Crippen molar-refractivity contribution in [2.45, 2.75) is 77.6 Å². The fourth-order valence-electron chi connectivity index (χ4n) is 2.41. The van der Waals surface area contributed by atoms with E-state index in [9.17, 15) is 4.79 Å². The van der Waals surface area contributed by atoms with Crippen LogP contribution in [-0.4, -0.2) is 12.9 Å². The number of carbonyl (C=O) groups excluding carboxylic acids is 1. The number of ether oxygens (including phenoxy) is 1. The Hall–Kier alpha value is -1.25. The second kappa shape index (κ2) is 12.5. The molecule has 0 aliphatic heterocycles.